The summed E-state index contributed by atoms with van der Waals surface area (Å²) in [6, 6.07) is 14.1. The Morgan fingerprint density at radius 1 is 0.958 bits per heavy atom. The van der Waals surface area contributed by atoms with Crippen LogP contribution < -0.4 is 10.6 Å². The van der Waals surface area contributed by atoms with Crippen molar-refractivity contribution < 1.29 is 9.59 Å². The third-order valence-corrected chi connectivity index (χ3v) is 4.59. The van der Waals surface area contributed by atoms with Gasteiger partial charge in [-0.25, -0.2) is 4.98 Å². The minimum Gasteiger partial charge on any atom is -0.321 e. The van der Waals surface area contributed by atoms with E-state index < -0.39 is 0 Å². The molecule has 2 N–H and O–H groups in total. The number of aromatic nitrogens is 1. The Bertz CT molecular complexity index is 864. The van der Waals surface area contributed by atoms with Gasteiger partial charge >= 0.3 is 0 Å². The van der Waals surface area contributed by atoms with Crippen molar-refractivity contribution in [2.24, 2.45) is 0 Å². The van der Waals surface area contributed by atoms with Crippen molar-refractivity contribution in [1.82, 2.24) is 4.98 Å². The molecular formula is C17H12IN3O2S. The molecule has 7 heteroatoms. The Morgan fingerprint density at radius 3 is 2.42 bits per heavy atom. The third-order valence-electron chi connectivity index (χ3n) is 3.18. The second-order valence-electron chi connectivity index (χ2n) is 4.80. The summed E-state index contributed by atoms with van der Waals surface area (Å²) in [5.74, 6) is -0.579. The SMILES string of the molecule is O=C(Nc1ccccc1C(=O)Nc1nccs1)c1ccc(I)cc1. The van der Waals surface area contributed by atoms with Crippen LogP contribution in [0.2, 0.25) is 0 Å². The molecule has 5 nitrogen and oxygen atoms in total. The predicted octanol–water partition coefficient (Wildman–Crippen LogP) is 4.25. The lowest BCUT2D eigenvalue weighted by molar-refractivity contribution is 0.102. The highest BCUT2D eigenvalue weighted by Gasteiger charge is 2.15. The van der Waals surface area contributed by atoms with Crippen LogP contribution >= 0.6 is 33.9 Å². The van der Waals surface area contributed by atoms with Gasteiger partial charge in [0.05, 0.1) is 11.3 Å². The molecule has 0 fully saturated rings. The van der Waals surface area contributed by atoms with Gasteiger partial charge in [-0.3, -0.25) is 14.9 Å². The van der Waals surface area contributed by atoms with E-state index in [4.69, 9.17) is 0 Å². The van der Waals surface area contributed by atoms with Crippen LogP contribution in [0.3, 0.4) is 0 Å². The normalized spacial score (nSPS) is 10.2. The number of carbonyl (C=O) groups excluding carboxylic acids is 2. The number of halogens is 1. The Labute approximate surface area is 156 Å². The van der Waals surface area contributed by atoms with Gasteiger partial charge in [-0.1, -0.05) is 12.1 Å². The topological polar surface area (TPSA) is 71.1 Å². The standard InChI is InChI=1S/C17H12IN3O2S/c18-12-7-5-11(6-8-12)15(22)20-14-4-2-1-3-13(14)16(23)21-17-19-9-10-24-17/h1-10H,(H,20,22)(H,19,21,23). The van der Waals surface area contributed by atoms with Crippen LogP contribution in [0.5, 0.6) is 0 Å². The Hall–Kier alpha value is -2.26. The van der Waals surface area contributed by atoms with E-state index in [-0.39, 0.29) is 11.8 Å². The summed E-state index contributed by atoms with van der Waals surface area (Å²) in [5, 5.41) is 7.79. The first-order valence-corrected chi connectivity index (χ1v) is 8.96. The van der Waals surface area contributed by atoms with Gasteiger partial charge in [-0.15, -0.1) is 11.3 Å². The molecule has 0 aliphatic heterocycles. The van der Waals surface area contributed by atoms with Crippen molar-refractivity contribution in [3.05, 3.63) is 74.8 Å². The molecule has 3 aromatic rings. The maximum Gasteiger partial charge on any atom is 0.259 e. The lowest BCUT2D eigenvalue weighted by Crippen LogP contribution is -2.18. The van der Waals surface area contributed by atoms with Crippen LogP contribution in [-0.4, -0.2) is 16.8 Å². The van der Waals surface area contributed by atoms with Crippen LogP contribution in [0.15, 0.2) is 60.1 Å². The second-order valence-corrected chi connectivity index (χ2v) is 6.94. The number of thiazole rings is 1. The molecule has 0 aliphatic rings. The average Bonchev–Trinajstić information content (AvgIpc) is 3.09. The van der Waals surface area contributed by atoms with Crippen molar-refractivity contribution in [2.45, 2.75) is 0 Å². The molecule has 2 aromatic carbocycles. The van der Waals surface area contributed by atoms with Crippen molar-refractivity contribution in [3.8, 4) is 0 Å². The van der Waals surface area contributed by atoms with E-state index >= 15 is 0 Å². The van der Waals surface area contributed by atoms with Gasteiger partial charge in [-0.05, 0) is 59.0 Å². The van der Waals surface area contributed by atoms with E-state index in [1.165, 1.54) is 11.3 Å². The number of hydrogen-bond donors (Lipinski definition) is 2. The summed E-state index contributed by atoms with van der Waals surface area (Å²) >= 11 is 3.51. The molecule has 0 unspecified atom stereocenters. The van der Waals surface area contributed by atoms with E-state index in [0.717, 1.165) is 3.57 Å². The molecule has 1 aromatic heterocycles. The van der Waals surface area contributed by atoms with E-state index in [9.17, 15) is 9.59 Å². The molecule has 24 heavy (non-hydrogen) atoms. The molecule has 0 spiro atoms. The fourth-order valence-corrected chi connectivity index (χ4v) is 2.92. The monoisotopic (exact) mass is 449 g/mol. The second kappa shape index (κ2) is 7.54. The fraction of sp³-hybridized carbons (Fsp3) is 0. The number of para-hydroxylation sites is 1. The average molecular weight is 449 g/mol. The number of anilines is 2. The fourth-order valence-electron chi connectivity index (χ4n) is 2.04. The minimum atomic E-state index is -0.316. The van der Waals surface area contributed by atoms with Gasteiger partial charge in [0.15, 0.2) is 5.13 Å². The van der Waals surface area contributed by atoms with Crippen LogP contribution in [0.4, 0.5) is 10.8 Å². The first kappa shape index (κ1) is 16.6. The maximum absolute atomic E-state index is 12.4. The summed E-state index contributed by atoms with van der Waals surface area (Å²) in [4.78, 5) is 28.8. The summed E-state index contributed by atoms with van der Waals surface area (Å²) in [6.45, 7) is 0. The maximum atomic E-state index is 12.4. The molecule has 0 aliphatic carbocycles. The van der Waals surface area contributed by atoms with Crippen LogP contribution in [0.25, 0.3) is 0 Å². The summed E-state index contributed by atoms with van der Waals surface area (Å²) in [7, 11) is 0. The third kappa shape index (κ3) is 3.98. The van der Waals surface area contributed by atoms with Gasteiger partial charge in [0.25, 0.3) is 11.8 Å². The Morgan fingerprint density at radius 2 is 1.71 bits per heavy atom. The largest absolute Gasteiger partial charge is 0.321 e. The van der Waals surface area contributed by atoms with Crippen LogP contribution in [-0.2, 0) is 0 Å². The van der Waals surface area contributed by atoms with E-state index in [2.05, 4.69) is 38.2 Å². The molecule has 0 atom stereocenters. The number of carbonyl (C=O) groups is 2. The van der Waals surface area contributed by atoms with Gasteiger partial charge < -0.3 is 5.32 Å². The van der Waals surface area contributed by atoms with Crippen molar-refractivity contribution in [1.29, 1.82) is 0 Å². The molecule has 0 saturated carbocycles. The molecule has 120 valence electrons. The zero-order chi connectivity index (χ0) is 16.9. The predicted molar refractivity (Wildman–Crippen MR) is 104 cm³/mol. The lowest BCUT2D eigenvalue weighted by Gasteiger charge is -2.10. The summed E-state index contributed by atoms with van der Waals surface area (Å²) in [6.07, 6.45) is 1.62. The highest BCUT2D eigenvalue weighted by Crippen LogP contribution is 2.19. The van der Waals surface area contributed by atoms with Crippen molar-refractivity contribution >= 4 is 56.6 Å². The lowest BCUT2D eigenvalue weighted by atomic mass is 10.1. The smallest absolute Gasteiger partial charge is 0.259 e. The van der Waals surface area contributed by atoms with Gasteiger partial charge in [0.1, 0.15) is 0 Å². The molecular weight excluding hydrogens is 437 g/mol. The quantitative estimate of drug-likeness (QED) is 0.586. The van der Waals surface area contributed by atoms with E-state index in [1.807, 2.05) is 12.1 Å². The number of benzene rings is 2. The zero-order valence-corrected chi connectivity index (χ0v) is 15.3. The van der Waals surface area contributed by atoms with Gasteiger partial charge in [0.2, 0.25) is 0 Å². The molecule has 0 saturated heterocycles. The first-order chi connectivity index (χ1) is 11.6. The van der Waals surface area contributed by atoms with Gasteiger partial charge in [-0.2, -0.15) is 0 Å². The van der Waals surface area contributed by atoms with Crippen molar-refractivity contribution in [3.63, 3.8) is 0 Å². The van der Waals surface area contributed by atoms with Crippen molar-refractivity contribution in [2.75, 3.05) is 10.6 Å². The molecule has 2 amide bonds. The highest BCUT2D eigenvalue weighted by atomic mass is 127. The first-order valence-electron chi connectivity index (χ1n) is 7.00. The van der Waals surface area contributed by atoms with Crippen LogP contribution in [0, 0.1) is 3.57 Å². The highest BCUT2D eigenvalue weighted by molar-refractivity contribution is 14.1. The number of hydrogen-bond acceptors (Lipinski definition) is 4. The summed E-state index contributed by atoms with van der Waals surface area (Å²) in [5.41, 5.74) is 1.37. The van der Waals surface area contributed by atoms with E-state index in [1.54, 1.807) is 48.0 Å². The summed E-state index contributed by atoms with van der Waals surface area (Å²) < 4.78 is 1.05. The Balaban J connectivity index is 1.80. The molecule has 3 rings (SSSR count). The molecule has 0 radical (unpaired) electrons. The number of nitrogens with one attached hydrogen (secondary N) is 2. The number of rotatable bonds is 4. The van der Waals surface area contributed by atoms with Gasteiger partial charge in [0, 0.05) is 20.7 Å². The number of amides is 2. The zero-order valence-electron chi connectivity index (χ0n) is 12.3. The molecule has 0 bridgehead atoms. The van der Waals surface area contributed by atoms with E-state index in [0.29, 0.717) is 21.9 Å². The molecule has 1 heterocycles. The van der Waals surface area contributed by atoms with Crippen LogP contribution in [0.1, 0.15) is 20.7 Å². The minimum absolute atomic E-state index is 0.263. The number of nitrogens with zero attached hydrogens (tertiary/aromatic N) is 1. The Kier molecular flexibility index (Phi) is 5.21.